The zero-order valence-electron chi connectivity index (χ0n) is 21.3. The minimum absolute atomic E-state index is 0.234. The standard InChI is InChI=1S/C27H27F3N4O.CH3NO/c1-17-13-20(7-10-23(17)19-5-6-19)25-16-32-26-24(31-12-11-27(28,29)30)15-21(33-34(25)26)14-18-3-8-22(35-2)9-4-18;2-1-3/h3-4,7-10,13,15-16,19,31H,5-6,11-12,14H2,1-2H3;1H,(H2,2,3). The molecule has 3 N–H and O–H groups in total. The molecule has 0 bridgehead atoms. The third-order valence-electron chi connectivity index (χ3n) is 6.37. The number of carbonyl (C=O) groups is 1. The Labute approximate surface area is 218 Å². The molecule has 0 radical (unpaired) electrons. The highest BCUT2D eigenvalue weighted by Gasteiger charge is 2.27. The van der Waals surface area contributed by atoms with Gasteiger partial charge in [-0.1, -0.05) is 24.3 Å². The van der Waals surface area contributed by atoms with Gasteiger partial charge in [0.1, 0.15) is 5.75 Å². The maximum absolute atomic E-state index is 12.8. The number of carbonyl (C=O) groups excluding carboxylic acids is 1. The summed E-state index contributed by atoms with van der Waals surface area (Å²) in [6, 6.07) is 15.9. The fraction of sp³-hybridized carbons (Fsp3) is 0.321. The Morgan fingerprint density at radius 2 is 1.87 bits per heavy atom. The minimum Gasteiger partial charge on any atom is -0.497 e. The number of primary amides is 1. The van der Waals surface area contributed by atoms with Crippen LogP contribution in [0.5, 0.6) is 5.75 Å². The topological polar surface area (TPSA) is 94.5 Å². The molecule has 0 atom stereocenters. The van der Waals surface area contributed by atoms with Crippen molar-refractivity contribution in [1.29, 1.82) is 0 Å². The van der Waals surface area contributed by atoms with E-state index in [1.165, 1.54) is 24.0 Å². The van der Waals surface area contributed by atoms with E-state index in [4.69, 9.17) is 14.6 Å². The number of fused-ring (bicyclic) bond motifs is 1. The summed E-state index contributed by atoms with van der Waals surface area (Å²) in [6.07, 6.45) is -0.183. The SMILES string of the molecule is COc1ccc(Cc2cc(NCCC(F)(F)F)c3ncc(-c4ccc(C5CC5)c(C)c4)n3n2)cc1.NC=O. The van der Waals surface area contributed by atoms with Gasteiger partial charge in [0.05, 0.1) is 36.8 Å². The molecule has 200 valence electrons. The van der Waals surface area contributed by atoms with Crippen LogP contribution in [-0.4, -0.2) is 40.8 Å². The van der Waals surface area contributed by atoms with E-state index in [0.29, 0.717) is 23.7 Å². The number of alkyl halides is 3. The van der Waals surface area contributed by atoms with Crippen LogP contribution in [0.15, 0.2) is 54.7 Å². The Morgan fingerprint density at radius 1 is 1.16 bits per heavy atom. The number of anilines is 1. The monoisotopic (exact) mass is 525 g/mol. The number of aromatic nitrogens is 3. The zero-order valence-corrected chi connectivity index (χ0v) is 21.3. The number of imidazole rings is 1. The average Bonchev–Trinajstić information content (AvgIpc) is 3.62. The van der Waals surface area contributed by atoms with Crippen LogP contribution in [-0.2, 0) is 11.2 Å². The third kappa shape index (κ3) is 6.62. The minimum atomic E-state index is -4.23. The lowest BCUT2D eigenvalue weighted by atomic mass is 10.0. The van der Waals surface area contributed by atoms with Crippen molar-refractivity contribution in [1.82, 2.24) is 14.6 Å². The molecule has 1 amide bonds. The first-order chi connectivity index (χ1) is 18.2. The van der Waals surface area contributed by atoms with Crippen molar-refractivity contribution in [2.45, 2.75) is 44.7 Å². The number of halogens is 3. The van der Waals surface area contributed by atoms with Gasteiger partial charge in [-0.3, -0.25) is 4.79 Å². The molecule has 1 aliphatic rings. The zero-order chi connectivity index (χ0) is 27.3. The van der Waals surface area contributed by atoms with Gasteiger partial charge in [-0.05, 0) is 66.6 Å². The first-order valence-corrected chi connectivity index (χ1v) is 12.3. The summed E-state index contributed by atoms with van der Waals surface area (Å²) in [6.45, 7) is 1.88. The van der Waals surface area contributed by atoms with E-state index >= 15 is 0 Å². The maximum atomic E-state index is 12.8. The van der Waals surface area contributed by atoms with Gasteiger partial charge < -0.3 is 15.8 Å². The quantitative estimate of drug-likeness (QED) is 0.290. The number of methoxy groups -OCH3 is 1. The number of nitrogens with zero attached hydrogens (tertiary/aromatic N) is 3. The van der Waals surface area contributed by atoms with Gasteiger partial charge in [-0.15, -0.1) is 0 Å². The number of rotatable bonds is 8. The summed E-state index contributed by atoms with van der Waals surface area (Å²) in [5.74, 6) is 1.42. The van der Waals surface area contributed by atoms with E-state index in [2.05, 4.69) is 41.2 Å². The third-order valence-corrected chi connectivity index (χ3v) is 6.37. The van der Waals surface area contributed by atoms with Gasteiger partial charge in [-0.2, -0.15) is 18.3 Å². The van der Waals surface area contributed by atoms with Gasteiger partial charge in [-0.25, -0.2) is 9.50 Å². The summed E-state index contributed by atoms with van der Waals surface area (Å²) >= 11 is 0. The Hall–Kier alpha value is -4.08. The van der Waals surface area contributed by atoms with Crippen molar-refractivity contribution in [2.75, 3.05) is 19.0 Å². The highest BCUT2D eigenvalue weighted by molar-refractivity contribution is 5.73. The van der Waals surface area contributed by atoms with Crippen LogP contribution in [0.4, 0.5) is 18.9 Å². The van der Waals surface area contributed by atoms with Gasteiger partial charge in [0.15, 0.2) is 5.65 Å². The number of hydrogen-bond acceptors (Lipinski definition) is 5. The smallest absolute Gasteiger partial charge is 0.390 e. The van der Waals surface area contributed by atoms with Gasteiger partial charge in [0.2, 0.25) is 6.41 Å². The molecule has 0 saturated heterocycles. The molecule has 1 fully saturated rings. The van der Waals surface area contributed by atoms with E-state index in [0.717, 1.165) is 28.3 Å². The van der Waals surface area contributed by atoms with Crippen molar-refractivity contribution >= 4 is 17.7 Å². The predicted molar refractivity (Wildman–Crippen MR) is 140 cm³/mol. The summed E-state index contributed by atoms with van der Waals surface area (Å²) in [4.78, 5) is 13.1. The molecule has 2 aromatic carbocycles. The second kappa shape index (κ2) is 11.5. The number of ether oxygens (including phenoxy) is 1. The normalized spacial score (nSPS) is 13.1. The number of nitrogens with one attached hydrogen (secondary N) is 1. The summed E-state index contributed by atoms with van der Waals surface area (Å²) < 4.78 is 45.3. The van der Waals surface area contributed by atoms with Crippen molar-refractivity contribution in [3.05, 3.63) is 77.1 Å². The predicted octanol–water partition coefficient (Wildman–Crippen LogP) is 5.65. The molecular formula is C28H30F3N5O2. The molecule has 0 aliphatic heterocycles. The van der Waals surface area contributed by atoms with E-state index in [-0.39, 0.29) is 13.0 Å². The molecule has 5 rings (SSSR count). The molecule has 2 aromatic heterocycles. The van der Waals surface area contributed by atoms with Crippen molar-refractivity contribution < 1.29 is 22.7 Å². The fourth-order valence-electron chi connectivity index (χ4n) is 4.41. The van der Waals surface area contributed by atoms with E-state index in [1.807, 2.05) is 24.3 Å². The van der Waals surface area contributed by atoms with Crippen molar-refractivity contribution in [3.63, 3.8) is 0 Å². The first-order valence-electron chi connectivity index (χ1n) is 12.3. The molecule has 38 heavy (non-hydrogen) atoms. The Bertz CT molecular complexity index is 1400. The van der Waals surface area contributed by atoms with Crippen LogP contribution < -0.4 is 15.8 Å². The van der Waals surface area contributed by atoms with Gasteiger partial charge >= 0.3 is 6.18 Å². The number of aryl methyl sites for hydroxylation is 1. The van der Waals surface area contributed by atoms with Crippen LogP contribution in [0, 0.1) is 6.92 Å². The summed E-state index contributed by atoms with van der Waals surface area (Å²) in [5.41, 5.74) is 11.3. The largest absolute Gasteiger partial charge is 0.497 e. The first kappa shape index (κ1) is 27.0. The highest BCUT2D eigenvalue weighted by Crippen LogP contribution is 2.42. The number of nitrogens with two attached hydrogens (primary N) is 1. The summed E-state index contributed by atoms with van der Waals surface area (Å²) in [7, 11) is 1.61. The second-order valence-electron chi connectivity index (χ2n) is 9.23. The van der Waals surface area contributed by atoms with Crippen LogP contribution in [0.2, 0.25) is 0 Å². The molecule has 10 heteroatoms. The molecule has 2 heterocycles. The lowest BCUT2D eigenvalue weighted by Crippen LogP contribution is -2.15. The van der Waals surface area contributed by atoms with E-state index in [9.17, 15) is 13.2 Å². The van der Waals surface area contributed by atoms with Crippen molar-refractivity contribution in [3.8, 4) is 17.0 Å². The Balaban J connectivity index is 0.00000107. The lowest BCUT2D eigenvalue weighted by Gasteiger charge is -2.13. The lowest BCUT2D eigenvalue weighted by molar-refractivity contribution is -0.131. The molecule has 4 aromatic rings. The second-order valence-corrected chi connectivity index (χ2v) is 9.23. The van der Waals surface area contributed by atoms with Crippen LogP contribution in [0.1, 0.15) is 47.6 Å². The van der Waals surface area contributed by atoms with E-state index < -0.39 is 12.6 Å². The molecular weight excluding hydrogens is 495 g/mol. The number of benzene rings is 2. The molecule has 7 nitrogen and oxygen atoms in total. The van der Waals surface area contributed by atoms with Gasteiger partial charge in [0, 0.05) is 18.5 Å². The molecule has 1 aliphatic carbocycles. The fourth-order valence-corrected chi connectivity index (χ4v) is 4.41. The Morgan fingerprint density at radius 3 is 2.47 bits per heavy atom. The maximum Gasteiger partial charge on any atom is 0.390 e. The van der Waals surface area contributed by atoms with E-state index in [1.54, 1.807) is 23.9 Å². The molecule has 0 unspecified atom stereocenters. The van der Waals surface area contributed by atoms with Crippen LogP contribution in [0.3, 0.4) is 0 Å². The summed E-state index contributed by atoms with van der Waals surface area (Å²) in [5, 5.41) is 7.76. The highest BCUT2D eigenvalue weighted by atomic mass is 19.4. The van der Waals surface area contributed by atoms with Gasteiger partial charge in [0.25, 0.3) is 0 Å². The average molecular weight is 526 g/mol. The molecule has 0 spiro atoms. The molecule has 1 saturated carbocycles. The number of amides is 1. The Kier molecular flexibility index (Phi) is 8.19. The van der Waals surface area contributed by atoms with Crippen LogP contribution >= 0.6 is 0 Å². The number of hydrogen-bond donors (Lipinski definition) is 2. The van der Waals surface area contributed by atoms with Crippen LogP contribution in [0.25, 0.3) is 16.9 Å². The van der Waals surface area contributed by atoms with Crippen molar-refractivity contribution in [2.24, 2.45) is 5.73 Å².